The number of aromatic nitrogens is 1. The summed E-state index contributed by atoms with van der Waals surface area (Å²) in [5.74, 6) is 3.16. The first-order valence-electron chi connectivity index (χ1n) is 8.51. The van der Waals surface area contributed by atoms with Gasteiger partial charge in [0.1, 0.15) is 11.5 Å². The summed E-state index contributed by atoms with van der Waals surface area (Å²) in [6, 6.07) is 5.28. The lowest BCUT2D eigenvalue weighted by molar-refractivity contribution is -0.0629. The van der Waals surface area contributed by atoms with E-state index >= 15 is 0 Å². The predicted octanol–water partition coefficient (Wildman–Crippen LogP) is 2.95. The van der Waals surface area contributed by atoms with E-state index in [9.17, 15) is 4.79 Å². The smallest absolute Gasteiger partial charge is 0.272 e. The molecule has 2 N–H and O–H groups in total. The number of anilines is 1. The van der Waals surface area contributed by atoms with Crippen molar-refractivity contribution in [1.29, 1.82) is 0 Å². The van der Waals surface area contributed by atoms with Gasteiger partial charge in [-0.15, -0.1) is 0 Å². The molecular weight excluding hydrogens is 274 g/mol. The van der Waals surface area contributed by atoms with Gasteiger partial charge < -0.3 is 10.6 Å². The van der Waals surface area contributed by atoms with Gasteiger partial charge in [0.2, 0.25) is 0 Å². The fourth-order valence-corrected chi connectivity index (χ4v) is 5.82. The number of nitrogen functional groups attached to an aromatic ring is 1. The van der Waals surface area contributed by atoms with Gasteiger partial charge in [0.15, 0.2) is 0 Å². The van der Waals surface area contributed by atoms with Crippen LogP contribution in [0.1, 0.15) is 49.0 Å². The number of nitrogens with zero attached hydrogens (tertiary/aromatic N) is 2. The van der Waals surface area contributed by atoms with Crippen LogP contribution in [0, 0.1) is 23.2 Å². The summed E-state index contributed by atoms with van der Waals surface area (Å²) in [4.78, 5) is 18.7. The molecule has 0 unspecified atom stereocenters. The van der Waals surface area contributed by atoms with E-state index in [0.717, 1.165) is 24.3 Å². The summed E-state index contributed by atoms with van der Waals surface area (Å²) < 4.78 is 0. The summed E-state index contributed by atoms with van der Waals surface area (Å²) in [5, 5.41) is 0. The van der Waals surface area contributed by atoms with E-state index < -0.39 is 0 Å². The standard InChI is InChI=1S/C18H25N3O/c1-21(17(22)15-3-2-4-16(19)20-15)11-18-8-12-5-13(9-18)7-14(6-12)10-18/h2-4,12-14H,5-11H2,1H3,(H2,19,20). The Balaban J connectivity index is 1.50. The fraction of sp³-hybridized carbons (Fsp3) is 0.667. The largest absolute Gasteiger partial charge is 0.384 e. The van der Waals surface area contributed by atoms with Crippen molar-refractivity contribution < 1.29 is 4.79 Å². The van der Waals surface area contributed by atoms with E-state index in [1.807, 2.05) is 11.9 Å². The molecule has 5 rings (SSSR count). The molecule has 4 saturated carbocycles. The van der Waals surface area contributed by atoms with Crippen molar-refractivity contribution in [2.24, 2.45) is 23.2 Å². The maximum atomic E-state index is 12.6. The summed E-state index contributed by atoms with van der Waals surface area (Å²) in [6.45, 7) is 0.881. The number of carbonyl (C=O) groups is 1. The van der Waals surface area contributed by atoms with Crippen LogP contribution in [0.5, 0.6) is 0 Å². The lowest BCUT2D eigenvalue weighted by Crippen LogP contribution is -2.51. The normalized spacial score (nSPS) is 35.6. The molecule has 1 aromatic rings. The molecule has 1 aromatic heterocycles. The summed E-state index contributed by atoms with van der Waals surface area (Å²) in [7, 11) is 1.92. The highest BCUT2D eigenvalue weighted by Gasteiger charge is 2.51. The lowest BCUT2D eigenvalue weighted by atomic mass is 9.49. The topological polar surface area (TPSA) is 59.2 Å². The summed E-state index contributed by atoms with van der Waals surface area (Å²) in [5.41, 5.74) is 6.54. The number of pyridine rings is 1. The molecule has 4 nitrogen and oxygen atoms in total. The number of carbonyl (C=O) groups excluding carboxylic acids is 1. The molecule has 1 heterocycles. The minimum absolute atomic E-state index is 0.00282. The van der Waals surface area contributed by atoms with Crippen LogP contribution >= 0.6 is 0 Å². The van der Waals surface area contributed by atoms with E-state index in [1.54, 1.807) is 18.2 Å². The van der Waals surface area contributed by atoms with Crippen molar-refractivity contribution in [3.05, 3.63) is 23.9 Å². The SMILES string of the molecule is CN(CC12CC3CC(CC(C3)C1)C2)C(=O)c1cccc(N)n1. The molecule has 4 aliphatic rings. The zero-order chi connectivity index (χ0) is 15.3. The first-order chi connectivity index (χ1) is 10.5. The fourth-order valence-electron chi connectivity index (χ4n) is 5.82. The van der Waals surface area contributed by atoms with Gasteiger partial charge in [0.05, 0.1) is 0 Å². The Kier molecular flexibility index (Phi) is 3.17. The Bertz CT molecular complexity index is 562. The second kappa shape index (κ2) is 4.97. The van der Waals surface area contributed by atoms with Gasteiger partial charge in [0, 0.05) is 13.6 Å². The quantitative estimate of drug-likeness (QED) is 0.933. The Morgan fingerprint density at radius 1 is 1.23 bits per heavy atom. The van der Waals surface area contributed by atoms with Gasteiger partial charge in [-0.05, 0) is 73.8 Å². The van der Waals surface area contributed by atoms with Gasteiger partial charge in [-0.3, -0.25) is 4.79 Å². The minimum atomic E-state index is 0.00282. The maximum Gasteiger partial charge on any atom is 0.272 e. The summed E-state index contributed by atoms with van der Waals surface area (Å²) >= 11 is 0. The van der Waals surface area contributed by atoms with E-state index in [2.05, 4.69) is 4.98 Å². The van der Waals surface area contributed by atoms with E-state index in [4.69, 9.17) is 5.73 Å². The molecule has 1 amide bonds. The lowest BCUT2D eigenvalue weighted by Gasteiger charge is -2.57. The highest BCUT2D eigenvalue weighted by molar-refractivity contribution is 5.92. The zero-order valence-electron chi connectivity index (χ0n) is 13.3. The van der Waals surface area contributed by atoms with Gasteiger partial charge in [-0.1, -0.05) is 6.07 Å². The van der Waals surface area contributed by atoms with Crippen LogP contribution in [-0.2, 0) is 0 Å². The van der Waals surface area contributed by atoms with Crippen molar-refractivity contribution in [2.75, 3.05) is 19.3 Å². The van der Waals surface area contributed by atoms with Gasteiger partial charge >= 0.3 is 0 Å². The molecule has 0 radical (unpaired) electrons. The van der Waals surface area contributed by atoms with Crippen molar-refractivity contribution >= 4 is 11.7 Å². The number of rotatable bonds is 3. The van der Waals surface area contributed by atoms with Crippen LogP contribution in [0.4, 0.5) is 5.82 Å². The van der Waals surface area contributed by atoms with Crippen LogP contribution in [0.2, 0.25) is 0 Å². The second-order valence-corrected chi connectivity index (χ2v) is 8.03. The van der Waals surface area contributed by atoms with Crippen LogP contribution in [0.25, 0.3) is 0 Å². The molecule has 118 valence electrons. The third kappa shape index (κ3) is 2.38. The van der Waals surface area contributed by atoms with Gasteiger partial charge in [-0.2, -0.15) is 0 Å². The average Bonchev–Trinajstić information content (AvgIpc) is 2.44. The van der Waals surface area contributed by atoms with Crippen LogP contribution < -0.4 is 5.73 Å². The maximum absolute atomic E-state index is 12.6. The molecule has 0 aromatic carbocycles. The van der Waals surface area contributed by atoms with Gasteiger partial charge in [0.25, 0.3) is 5.91 Å². The Hall–Kier alpha value is -1.58. The van der Waals surface area contributed by atoms with Crippen molar-refractivity contribution in [3.63, 3.8) is 0 Å². The highest BCUT2D eigenvalue weighted by Crippen LogP contribution is 2.60. The molecular formula is C18H25N3O. The number of hydrogen-bond acceptors (Lipinski definition) is 3. The third-order valence-corrected chi connectivity index (χ3v) is 6.07. The number of amides is 1. The van der Waals surface area contributed by atoms with Crippen molar-refractivity contribution in [1.82, 2.24) is 9.88 Å². The summed E-state index contributed by atoms with van der Waals surface area (Å²) in [6.07, 6.45) is 8.28. The third-order valence-electron chi connectivity index (χ3n) is 6.07. The molecule has 0 aliphatic heterocycles. The van der Waals surface area contributed by atoms with E-state index in [0.29, 0.717) is 16.9 Å². The first-order valence-corrected chi connectivity index (χ1v) is 8.51. The first kappa shape index (κ1) is 14.0. The number of hydrogen-bond donors (Lipinski definition) is 1. The predicted molar refractivity (Wildman–Crippen MR) is 86.2 cm³/mol. The average molecular weight is 299 g/mol. The highest BCUT2D eigenvalue weighted by atomic mass is 16.2. The Labute approximate surface area is 132 Å². The molecule has 0 spiro atoms. The van der Waals surface area contributed by atoms with Crippen LogP contribution in [0.3, 0.4) is 0 Å². The van der Waals surface area contributed by atoms with Crippen molar-refractivity contribution in [2.45, 2.75) is 38.5 Å². The van der Waals surface area contributed by atoms with Gasteiger partial charge in [-0.25, -0.2) is 4.98 Å². The molecule has 0 atom stereocenters. The molecule has 22 heavy (non-hydrogen) atoms. The molecule has 4 aliphatic carbocycles. The van der Waals surface area contributed by atoms with E-state index in [-0.39, 0.29) is 5.91 Å². The molecule has 4 heteroatoms. The monoisotopic (exact) mass is 299 g/mol. The molecule has 4 fully saturated rings. The van der Waals surface area contributed by atoms with E-state index in [1.165, 1.54) is 38.5 Å². The Morgan fingerprint density at radius 3 is 2.36 bits per heavy atom. The van der Waals surface area contributed by atoms with Crippen LogP contribution in [0.15, 0.2) is 18.2 Å². The number of nitrogens with two attached hydrogens (primary N) is 1. The zero-order valence-corrected chi connectivity index (χ0v) is 13.3. The Morgan fingerprint density at radius 2 is 1.82 bits per heavy atom. The second-order valence-electron chi connectivity index (χ2n) is 8.03. The minimum Gasteiger partial charge on any atom is -0.384 e. The van der Waals surface area contributed by atoms with Crippen LogP contribution in [-0.4, -0.2) is 29.4 Å². The van der Waals surface area contributed by atoms with Crippen molar-refractivity contribution in [3.8, 4) is 0 Å². The molecule has 4 bridgehead atoms. The molecule has 0 saturated heterocycles.